The Labute approximate surface area is 164 Å². The van der Waals surface area contributed by atoms with Crippen molar-refractivity contribution < 1.29 is 9.59 Å². The summed E-state index contributed by atoms with van der Waals surface area (Å²) in [4.78, 5) is 29.1. The first-order valence-electron chi connectivity index (χ1n) is 9.65. The lowest BCUT2D eigenvalue weighted by Crippen LogP contribution is -2.44. The van der Waals surface area contributed by atoms with Crippen molar-refractivity contribution in [2.75, 3.05) is 26.2 Å². The molecule has 1 aromatic carbocycles. The molecular formula is C21H27BrN2O2. The average molecular weight is 419 g/mol. The number of likely N-dealkylation sites (tertiary alicyclic amines) is 2. The largest absolute Gasteiger partial charge is 0.342 e. The molecule has 140 valence electrons. The van der Waals surface area contributed by atoms with Crippen molar-refractivity contribution in [3.05, 3.63) is 40.4 Å². The lowest BCUT2D eigenvalue weighted by atomic mass is 9.95. The molecule has 0 saturated carbocycles. The van der Waals surface area contributed by atoms with Crippen molar-refractivity contribution in [2.24, 2.45) is 5.92 Å². The van der Waals surface area contributed by atoms with Gasteiger partial charge in [-0.3, -0.25) is 9.59 Å². The number of carbonyl (C=O) groups excluding carboxylic acids is 2. The van der Waals surface area contributed by atoms with Gasteiger partial charge in [0, 0.05) is 42.6 Å². The van der Waals surface area contributed by atoms with E-state index in [-0.39, 0.29) is 11.8 Å². The van der Waals surface area contributed by atoms with Crippen LogP contribution in [0, 0.1) is 5.92 Å². The van der Waals surface area contributed by atoms with Crippen LogP contribution in [0.1, 0.15) is 44.1 Å². The number of carbonyl (C=O) groups is 2. The minimum absolute atomic E-state index is 0.0291. The highest BCUT2D eigenvalue weighted by Gasteiger charge is 2.29. The van der Waals surface area contributed by atoms with Gasteiger partial charge in [0.2, 0.25) is 11.8 Å². The molecule has 3 rings (SSSR count). The first-order valence-corrected chi connectivity index (χ1v) is 10.4. The van der Waals surface area contributed by atoms with E-state index in [0.717, 1.165) is 48.8 Å². The monoisotopic (exact) mass is 418 g/mol. The fourth-order valence-corrected chi connectivity index (χ4v) is 4.19. The minimum Gasteiger partial charge on any atom is -0.342 e. The van der Waals surface area contributed by atoms with Crippen molar-refractivity contribution in [2.45, 2.75) is 38.5 Å². The SMILES string of the molecule is O=C(/C=C/c1ccccc1Br)N1CCC(C(=O)N2CCCCCC2)CC1. The number of hydrogen-bond donors (Lipinski definition) is 0. The van der Waals surface area contributed by atoms with E-state index in [1.807, 2.05) is 35.2 Å². The molecule has 0 unspecified atom stereocenters. The predicted molar refractivity (Wildman–Crippen MR) is 108 cm³/mol. The Bertz CT molecular complexity index is 658. The van der Waals surface area contributed by atoms with Gasteiger partial charge in [0.1, 0.15) is 0 Å². The second-order valence-electron chi connectivity index (χ2n) is 7.19. The highest BCUT2D eigenvalue weighted by molar-refractivity contribution is 9.10. The average Bonchev–Trinajstić information content (AvgIpc) is 2.96. The summed E-state index contributed by atoms with van der Waals surface area (Å²) >= 11 is 3.49. The summed E-state index contributed by atoms with van der Waals surface area (Å²) in [5, 5.41) is 0. The van der Waals surface area contributed by atoms with Crippen LogP contribution in [0.2, 0.25) is 0 Å². The summed E-state index contributed by atoms with van der Waals surface area (Å²) in [6, 6.07) is 7.84. The van der Waals surface area contributed by atoms with Crippen molar-refractivity contribution in [1.29, 1.82) is 0 Å². The van der Waals surface area contributed by atoms with Crippen LogP contribution in [-0.4, -0.2) is 47.8 Å². The van der Waals surface area contributed by atoms with Crippen LogP contribution < -0.4 is 0 Å². The van der Waals surface area contributed by atoms with E-state index in [1.165, 1.54) is 12.8 Å². The summed E-state index contributed by atoms with van der Waals surface area (Å²) in [5.41, 5.74) is 0.993. The van der Waals surface area contributed by atoms with Crippen LogP contribution in [-0.2, 0) is 9.59 Å². The van der Waals surface area contributed by atoms with Gasteiger partial charge < -0.3 is 9.80 Å². The highest BCUT2D eigenvalue weighted by Crippen LogP contribution is 2.22. The number of hydrogen-bond acceptors (Lipinski definition) is 2. The molecule has 0 aliphatic carbocycles. The Morgan fingerprint density at radius 2 is 1.58 bits per heavy atom. The molecule has 0 spiro atoms. The Morgan fingerprint density at radius 3 is 2.23 bits per heavy atom. The molecule has 2 fully saturated rings. The summed E-state index contributed by atoms with van der Waals surface area (Å²) in [7, 11) is 0. The lowest BCUT2D eigenvalue weighted by molar-refractivity contribution is -0.139. The molecule has 5 heteroatoms. The van der Waals surface area contributed by atoms with Gasteiger partial charge >= 0.3 is 0 Å². The third kappa shape index (κ3) is 4.97. The zero-order valence-corrected chi connectivity index (χ0v) is 16.8. The molecule has 2 heterocycles. The van der Waals surface area contributed by atoms with Crippen LogP contribution in [0.4, 0.5) is 0 Å². The molecule has 0 N–H and O–H groups in total. The van der Waals surface area contributed by atoms with Crippen LogP contribution in [0.15, 0.2) is 34.8 Å². The Hall–Kier alpha value is -1.62. The standard InChI is InChI=1S/C21H27BrN2O2/c22-19-8-4-3-7-17(19)9-10-20(25)23-15-11-18(12-16-23)21(26)24-13-5-1-2-6-14-24/h3-4,7-10,18H,1-2,5-6,11-16H2/b10-9+. The van der Waals surface area contributed by atoms with E-state index in [2.05, 4.69) is 20.8 Å². The van der Waals surface area contributed by atoms with Crippen LogP contribution in [0.5, 0.6) is 0 Å². The second kappa shape index (κ2) is 9.36. The summed E-state index contributed by atoms with van der Waals surface area (Å²) in [6.07, 6.45) is 9.78. The van der Waals surface area contributed by atoms with Crippen LogP contribution >= 0.6 is 15.9 Å². The number of halogens is 1. The topological polar surface area (TPSA) is 40.6 Å². The number of amides is 2. The highest BCUT2D eigenvalue weighted by atomic mass is 79.9. The van der Waals surface area contributed by atoms with Gasteiger partial charge in [-0.05, 0) is 43.4 Å². The Balaban J connectivity index is 1.50. The maximum Gasteiger partial charge on any atom is 0.246 e. The quantitative estimate of drug-likeness (QED) is 0.693. The summed E-state index contributed by atoms with van der Waals surface area (Å²) in [6.45, 7) is 3.16. The molecule has 1 aromatic rings. The third-order valence-corrected chi connectivity index (χ3v) is 6.11. The van der Waals surface area contributed by atoms with Gasteiger partial charge in [-0.2, -0.15) is 0 Å². The fourth-order valence-electron chi connectivity index (χ4n) is 3.77. The second-order valence-corrected chi connectivity index (χ2v) is 8.05. The molecule has 0 aromatic heterocycles. The molecule has 2 aliphatic rings. The molecular weight excluding hydrogens is 392 g/mol. The van der Waals surface area contributed by atoms with Gasteiger partial charge in [0.15, 0.2) is 0 Å². The molecule has 2 aliphatic heterocycles. The normalized spacial score (nSPS) is 19.6. The Morgan fingerprint density at radius 1 is 0.923 bits per heavy atom. The summed E-state index contributed by atoms with van der Waals surface area (Å²) < 4.78 is 0.978. The van der Waals surface area contributed by atoms with E-state index >= 15 is 0 Å². The minimum atomic E-state index is 0.0291. The lowest BCUT2D eigenvalue weighted by Gasteiger charge is -2.33. The first kappa shape index (κ1) is 19.2. The first-order chi connectivity index (χ1) is 12.6. The number of piperidine rings is 1. The van der Waals surface area contributed by atoms with E-state index in [1.54, 1.807) is 6.08 Å². The van der Waals surface area contributed by atoms with E-state index < -0.39 is 0 Å². The smallest absolute Gasteiger partial charge is 0.246 e. The van der Waals surface area contributed by atoms with Gasteiger partial charge in [0.05, 0.1) is 0 Å². The Kier molecular flexibility index (Phi) is 6.89. The van der Waals surface area contributed by atoms with Crippen molar-refractivity contribution in [1.82, 2.24) is 9.80 Å². The molecule has 2 amide bonds. The van der Waals surface area contributed by atoms with Gasteiger partial charge in [-0.1, -0.05) is 47.0 Å². The molecule has 4 nitrogen and oxygen atoms in total. The summed E-state index contributed by atoms with van der Waals surface area (Å²) in [5.74, 6) is 0.425. The number of rotatable bonds is 3. The van der Waals surface area contributed by atoms with Crippen LogP contribution in [0.25, 0.3) is 6.08 Å². The van der Waals surface area contributed by atoms with Gasteiger partial charge in [-0.15, -0.1) is 0 Å². The van der Waals surface area contributed by atoms with Gasteiger partial charge in [-0.25, -0.2) is 0 Å². The zero-order chi connectivity index (χ0) is 18.4. The molecule has 0 bridgehead atoms. The van der Waals surface area contributed by atoms with E-state index in [4.69, 9.17) is 0 Å². The van der Waals surface area contributed by atoms with Crippen molar-refractivity contribution >= 4 is 33.8 Å². The molecule has 26 heavy (non-hydrogen) atoms. The van der Waals surface area contributed by atoms with Gasteiger partial charge in [0.25, 0.3) is 0 Å². The molecule has 0 atom stereocenters. The van der Waals surface area contributed by atoms with Crippen LogP contribution in [0.3, 0.4) is 0 Å². The maximum absolute atomic E-state index is 12.7. The van der Waals surface area contributed by atoms with E-state index in [9.17, 15) is 9.59 Å². The van der Waals surface area contributed by atoms with Crippen molar-refractivity contribution in [3.8, 4) is 0 Å². The predicted octanol–water partition coefficient (Wildman–Crippen LogP) is 4.10. The third-order valence-electron chi connectivity index (χ3n) is 5.38. The maximum atomic E-state index is 12.7. The number of benzene rings is 1. The molecule has 0 radical (unpaired) electrons. The zero-order valence-electron chi connectivity index (χ0n) is 15.2. The van der Waals surface area contributed by atoms with Crippen molar-refractivity contribution in [3.63, 3.8) is 0 Å². The van der Waals surface area contributed by atoms with E-state index in [0.29, 0.717) is 19.0 Å². The number of nitrogens with zero attached hydrogens (tertiary/aromatic N) is 2. The molecule has 2 saturated heterocycles. The fraction of sp³-hybridized carbons (Fsp3) is 0.524.